The van der Waals surface area contributed by atoms with Gasteiger partial charge in [0.05, 0.1) is 6.61 Å². The van der Waals surface area contributed by atoms with Gasteiger partial charge in [-0.3, -0.25) is 0 Å². The van der Waals surface area contributed by atoms with E-state index < -0.39 is 0 Å². The summed E-state index contributed by atoms with van der Waals surface area (Å²) in [6, 6.07) is 11.2. The number of hydrogen-bond donors (Lipinski definition) is 1. The van der Waals surface area contributed by atoms with Crippen molar-refractivity contribution in [2.45, 2.75) is 20.4 Å². The summed E-state index contributed by atoms with van der Waals surface area (Å²) in [5, 5.41) is 8.45. The van der Waals surface area contributed by atoms with Gasteiger partial charge in [0, 0.05) is 54.5 Å². The van der Waals surface area contributed by atoms with E-state index >= 15 is 0 Å². The Bertz CT molecular complexity index is 1130. The van der Waals surface area contributed by atoms with Gasteiger partial charge in [-0.25, -0.2) is 14.5 Å². The number of rotatable bonds is 6. The molecule has 1 saturated heterocycles. The van der Waals surface area contributed by atoms with Crippen LogP contribution in [0.25, 0.3) is 5.69 Å². The van der Waals surface area contributed by atoms with Crippen molar-refractivity contribution in [3.8, 4) is 11.4 Å². The number of aryl methyl sites for hydroxylation is 1. The number of ether oxygens (including phenoxy) is 1. The highest BCUT2D eigenvalue weighted by Crippen LogP contribution is 2.29. The zero-order chi connectivity index (χ0) is 23.4. The van der Waals surface area contributed by atoms with Crippen molar-refractivity contribution in [3.63, 3.8) is 0 Å². The van der Waals surface area contributed by atoms with Gasteiger partial charge in [0.1, 0.15) is 23.6 Å². The molecule has 8 nitrogen and oxygen atoms in total. The first-order valence-electron chi connectivity index (χ1n) is 10.8. The lowest BCUT2D eigenvalue weighted by Crippen LogP contribution is -2.51. The Labute approximate surface area is 203 Å². The summed E-state index contributed by atoms with van der Waals surface area (Å²) in [5.74, 6) is 1.45. The fourth-order valence-corrected chi connectivity index (χ4v) is 4.21. The van der Waals surface area contributed by atoms with Crippen LogP contribution >= 0.6 is 23.2 Å². The Morgan fingerprint density at radius 2 is 1.91 bits per heavy atom. The molecule has 1 aliphatic heterocycles. The molecule has 1 fully saturated rings. The van der Waals surface area contributed by atoms with E-state index in [0.29, 0.717) is 42.1 Å². The van der Waals surface area contributed by atoms with Crippen LogP contribution in [0.4, 0.5) is 10.5 Å². The second kappa shape index (κ2) is 10.3. The van der Waals surface area contributed by atoms with Crippen LogP contribution in [0.1, 0.15) is 18.3 Å². The molecule has 2 amide bonds. The van der Waals surface area contributed by atoms with Gasteiger partial charge in [-0.1, -0.05) is 29.3 Å². The SMILES string of the molecule is CCOc1cc(N2CCN(C(=O)NCc3ccc(Cl)cc3Cl)CC2)ccc1-n1cnc(C)n1. The first kappa shape index (κ1) is 23.2. The van der Waals surface area contributed by atoms with Crippen LogP contribution in [-0.2, 0) is 6.54 Å². The molecule has 3 aromatic rings. The fourth-order valence-electron chi connectivity index (χ4n) is 3.74. The molecule has 174 valence electrons. The molecule has 0 bridgehead atoms. The maximum Gasteiger partial charge on any atom is 0.317 e. The first-order valence-corrected chi connectivity index (χ1v) is 11.6. The first-order chi connectivity index (χ1) is 15.9. The maximum absolute atomic E-state index is 12.6. The van der Waals surface area contributed by atoms with Crippen molar-refractivity contribution < 1.29 is 9.53 Å². The lowest BCUT2D eigenvalue weighted by molar-refractivity contribution is 0.194. The third-order valence-electron chi connectivity index (χ3n) is 5.47. The van der Waals surface area contributed by atoms with Crippen LogP contribution in [-0.4, -0.2) is 58.5 Å². The van der Waals surface area contributed by atoms with Gasteiger partial charge in [-0.05, 0) is 43.7 Å². The van der Waals surface area contributed by atoms with Crippen molar-refractivity contribution in [2.75, 3.05) is 37.7 Å². The Hall–Kier alpha value is -2.97. The molecule has 2 heterocycles. The number of urea groups is 1. The Morgan fingerprint density at radius 3 is 2.58 bits per heavy atom. The van der Waals surface area contributed by atoms with Gasteiger partial charge in [0.2, 0.25) is 0 Å². The topological polar surface area (TPSA) is 75.5 Å². The quantitative estimate of drug-likeness (QED) is 0.559. The van der Waals surface area contributed by atoms with Gasteiger partial charge in [0.25, 0.3) is 0 Å². The van der Waals surface area contributed by atoms with E-state index in [1.54, 1.807) is 23.1 Å². The monoisotopic (exact) mass is 488 g/mol. The number of carbonyl (C=O) groups is 1. The smallest absolute Gasteiger partial charge is 0.317 e. The van der Waals surface area contributed by atoms with E-state index in [1.807, 2.05) is 43.0 Å². The summed E-state index contributed by atoms with van der Waals surface area (Å²) >= 11 is 12.1. The standard InChI is InChI=1S/C23H26Cl2N6O2/c1-3-33-22-13-19(6-7-21(22)31-15-27-16(2)28-31)29-8-10-30(11-9-29)23(32)26-14-17-4-5-18(24)12-20(17)25/h4-7,12-13,15H,3,8-11,14H2,1-2H3,(H,26,32). The third kappa shape index (κ3) is 5.51. The number of nitrogens with zero attached hydrogens (tertiary/aromatic N) is 5. The molecule has 2 aromatic carbocycles. The second-order valence-electron chi connectivity index (χ2n) is 7.69. The highest BCUT2D eigenvalue weighted by atomic mass is 35.5. The number of aromatic nitrogens is 3. The molecule has 33 heavy (non-hydrogen) atoms. The minimum atomic E-state index is -0.104. The molecule has 1 N–H and O–H groups in total. The zero-order valence-corrected chi connectivity index (χ0v) is 20.1. The normalized spacial score (nSPS) is 13.8. The number of hydrogen-bond acceptors (Lipinski definition) is 5. The van der Waals surface area contributed by atoms with Crippen molar-refractivity contribution in [1.82, 2.24) is 25.0 Å². The van der Waals surface area contributed by atoms with E-state index in [2.05, 4.69) is 20.3 Å². The Kier molecular flexibility index (Phi) is 7.25. The van der Waals surface area contributed by atoms with Gasteiger partial charge in [0.15, 0.2) is 0 Å². The van der Waals surface area contributed by atoms with E-state index in [4.69, 9.17) is 27.9 Å². The predicted molar refractivity (Wildman–Crippen MR) is 130 cm³/mol. The third-order valence-corrected chi connectivity index (χ3v) is 6.06. The average Bonchev–Trinajstić information content (AvgIpc) is 3.24. The Balaban J connectivity index is 1.37. The van der Waals surface area contributed by atoms with Crippen LogP contribution in [0.15, 0.2) is 42.7 Å². The number of nitrogens with one attached hydrogen (secondary N) is 1. The molecular weight excluding hydrogens is 463 g/mol. The minimum absolute atomic E-state index is 0.104. The van der Waals surface area contributed by atoms with Crippen molar-refractivity contribution in [1.29, 1.82) is 0 Å². The number of piperazine rings is 1. The number of benzene rings is 2. The van der Waals surface area contributed by atoms with Gasteiger partial charge < -0.3 is 19.9 Å². The zero-order valence-electron chi connectivity index (χ0n) is 18.6. The number of carbonyl (C=O) groups excluding carboxylic acids is 1. The predicted octanol–water partition coefficient (Wildman–Crippen LogP) is 4.31. The summed E-state index contributed by atoms with van der Waals surface area (Å²) in [5.41, 5.74) is 2.73. The van der Waals surface area contributed by atoms with Gasteiger partial charge in [-0.15, -0.1) is 0 Å². The summed E-state index contributed by atoms with van der Waals surface area (Å²) in [6.07, 6.45) is 1.68. The molecule has 0 saturated carbocycles. The second-order valence-corrected chi connectivity index (χ2v) is 8.53. The number of halogens is 2. The lowest BCUT2D eigenvalue weighted by atomic mass is 10.2. The molecule has 0 radical (unpaired) electrons. The molecule has 4 rings (SSSR count). The van der Waals surface area contributed by atoms with E-state index in [-0.39, 0.29) is 6.03 Å². The van der Waals surface area contributed by atoms with Crippen molar-refractivity contribution in [3.05, 3.63) is 64.2 Å². The van der Waals surface area contributed by atoms with Crippen LogP contribution in [0.3, 0.4) is 0 Å². The number of anilines is 1. The molecule has 1 aliphatic rings. The minimum Gasteiger partial charge on any atom is -0.492 e. The summed E-state index contributed by atoms with van der Waals surface area (Å²) in [6.45, 7) is 7.40. The van der Waals surface area contributed by atoms with Crippen molar-refractivity contribution in [2.24, 2.45) is 0 Å². The van der Waals surface area contributed by atoms with Crippen LogP contribution in [0, 0.1) is 6.92 Å². The van der Waals surface area contributed by atoms with E-state index in [1.165, 1.54) is 0 Å². The molecule has 0 unspecified atom stereocenters. The summed E-state index contributed by atoms with van der Waals surface area (Å²) in [7, 11) is 0. The summed E-state index contributed by atoms with van der Waals surface area (Å²) in [4.78, 5) is 20.9. The highest BCUT2D eigenvalue weighted by Gasteiger charge is 2.22. The van der Waals surface area contributed by atoms with Crippen LogP contribution in [0.2, 0.25) is 10.0 Å². The largest absolute Gasteiger partial charge is 0.492 e. The lowest BCUT2D eigenvalue weighted by Gasteiger charge is -2.36. The highest BCUT2D eigenvalue weighted by molar-refractivity contribution is 6.35. The average molecular weight is 489 g/mol. The molecule has 0 atom stereocenters. The summed E-state index contributed by atoms with van der Waals surface area (Å²) < 4.78 is 7.60. The molecule has 0 spiro atoms. The molecule has 10 heteroatoms. The van der Waals surface area contributed by atoms with E-state index in [0.717, 1.165) is 35.8 Å². The molecule has 1 aromatic heterocycles. The van der Waals surface area contributed by atoms with Gasteiger partial charge in [-0.2, -0.15) is 5.10 Å². The molecule has 0 aliphatic carbocycles. The Morgan fingerprint density at radius 1 is 1.12 bits per heavy atom. The molecular formula is C23H26Cl2N6O2. The van der Waals surface area contributed by atoms with Crippen molar-refractivity contribution >= 4 is 34.9 Å². The maximum atomic E-state index is 12.6. The fraction of sp³-hybridized carbons (Fsp3) is 0.348. The van der Waals surface area contributed by atoms with E-state index in [9.17, 15) is 4.79 Å². The number of amides is 2. The van der Waals surface area contributed by atoms with Crippen LogP contribution < -0.4 is 15.0 Å². The van der Waals surface area contributed by atoms with Crippen LogP contribution in [0.5, 0.6) is 5.75 Å². The van der Waals surface area contributed by atoms with Gasteiger partial charge >= 0.3 is 6.03 Å².